The number of aryl methyl sites for hydroxylation is 1. The van der Waals surface area contributed by atoms with Crippen molar-refractivity contribution in [3.05, 3.63) is 29.3 Å². The molecule has 1 atom stereocenters. The molecule has 0 aliphatic carbocycles. The Balaban J connectivity index is 2.32. The number of halogens is 2. The number of benzene rings is 1. The van der Waals surface area contributed by atoms with E-state index in [1.165, 1.54) is 0 Å². The highest BCUT2D eigenvalue weighted by molar-refractivity contribution is 5.43. The van der Waals surface area contributed by atoms with Gasteiger partial charge in [0.1, 0.15) is 11.9 Å². The van der Waals surface area contributed by atoms with E-state index in [0.717, 1.165) is 0 Å². The van der Waals surface area contributed by atoms with Gasteiger partial charge in [-0.15, -0.1) is 0 Å². The summed E-state index contributed by atoms with van der Waals surface area (Å²) in [5, 5.41) is 0. The third-order valence-corrected chi connectivity index (χ3v) is 2.13. The SMILES string of the molecule is Cc1cccc([C@@H]2CO2)c1OC(F)F. The van der Waals surface area contributed by atoms with E-state index in [-0.39, 0.29) is 11.9 Å². The van der Waals surface area contributed by atoms with Gasteiger partial charge >= 0.3 is 6.61 Å². The molecule has 1 aliphatic rings. The van der Waals surface area contributed by atoms with Gasteiger partial charge in [0.2, 0.25) is 0 Å². The van der Waals surface area contributed by atoms with E-state index in [9.17, 15) is 8.78 Å². The fraction of sp³-hybridized carbons (Fsp3) is 0.400. The maximum absolute atomic E-state index is 12.1. The fourth-order valence-corrected chi connectivity index (χ4v) is 1.41. The van der Waals surface area contributed by atoms with Crippen LogP contribution in [0.15, 0.2) is 18.2 Å². The second-order valence-corrected chi connectivity index (χ2v) is 3.19. The second kappa shape index (κ2) is 3.53. The van der Waals surface area contributed by atoms with Crippen molar-refractivity contribution in [1.29, 1.82) is 0 Å². The van der Waals surface area contributed by atoms with E-state index in [1.54, 1.807) is 19.1 Å². The number of epoxide rings is 1. The van der Waals surface area contributed by atoms with Crippen LogP contribution < -0.4 is 4.74 Å². The highest BCUT2D eigenvalue weighted by Crippen LogP contribution is 2.38. The maximum Gasteiger partial charge on any atom is 0.387 e. The molecule has 1 fully saturated rings. The summed E-state index contributed by atoms with van der Waals surface area (Å²) in [5.74, 6) is 0.255. The molecule has 0 aromatic heterocycles. The molecule has 0 saturated carbocycles. The van der Waals surface area contributed by atoms with Crippen LogP contribution in [0.4, 0.5) is 8.78 Å². The molecule has 2 nitrogen and oxygen atoms in total. The summed E-state index contributed by atoms with van der Waals surface area (Å²) in [6.45, 7) is -0.458. The van der Waals surface area contributed by atoms with Crippen molar-refractivity contribution < 1.29 is 18.3 Å². The molecule has 0 amide bonds. The molecule has 1 aromatic carbocycles. The van der Waals surface area contributed by atoms with Crippen LogP contribution in [0.3, 0.4) is 0 Å². The minimum atomic E-state index is -2.78. The molecular weight excluding hydrogens is 190 g/mol. The molecule has 14 heavy (non-hydrogen) atoms. The van der Waals surface area contributed by atoms with Crippen molar-refractivity contribution in [2.45, 2.75) is 19.6 Å². The Morgan fingerprint density at radius 3 is 2.79 bits per heavy atom. The Hall–Kier alpha value is -1.16. The molecule has 1 aliphatic heterocycles. The summed E-state index contributed by atoms with van der Waals surface area (Å²) in [5.41, 5.74) is 1.42. The van der Waals surface area contributed by atoms with Gasteiger partial charge in [0.15, 0.2) is 0 Å². The lowest BCUT2D eigenvalue weighted by atomic mass is 10.1. The Morgan fingerprint density at radius 1 is 1.50 bits per heavy atom. The quantitative estimate of drug-likeness (QED) is 0.699. The van der Waals surface area contributed by atoms with Crippen molar-refractivity contribution in [2.24, 2.45) is 0 Å². The molecule has 76 valence electrons. The first-order valence-corrected chi connectivity index (χ1v) is 4.34. The van der Waals surface area contributed by atoms with Gasteiger partial charge in [0.05, 0.1) is 6.61 Å². The monoisotopic (exact) mass is 200 g/mol. The van der Waals surface area contributed by atoms with Gasteiger partial charge < -0.3 is 9.47 Å². The first-order chi connectivity index (χ1) is 6.68. The summed E-state index contributed by atoms with van der Waals surface area (Å²) < 4.78 is 33.7. The Kier molecular flexibility index (Phi) is 2.37. The average Bonchev–Trinajstić information content (AvgIpc) is 2.90. The Labute approximate surface area is 80.4 Å². The zero-order valence-corrected chi connectivity index (χ0v) is 7.67. The molecule has 1 aromatic rings. The highest BCUT2D eigenvalue weighted by atomic mass is 19.3. The number of alkyl halides is 2. The van der Waals surface area contributed by atoms with Crippen LogP contribution in [0, 0.1) is 6.92 Å². The predicted octanol–water partition coefficient (Wildman–Crippen LogP) is 2.67. The first kappa shape index (κ1) is 9.40. The molecule has 0 N–H and O–H groups in total. The summed E-state index contributed by atoms with van der Waals surface area (Å²) in [4.78, 5) is 0. The van der Waals surface area contributed by atoms with E-state index in [2.05, 4.69) is 4.74 Å². The standard InChI is InChI=1S/C10H10F2O2/c1-6-3-2-4-7(8-5-13-8)9(6)14-10(11)12/h2-4,8,10H,5H2,1H3/t8-/m0/s1. The molecule has 0 radical (unpaired) electrons. The minimum absolute atomic E-state index is 0.0661. The van der Waals surface area contributed by atoms with Crippen molar-refractivity contribution >= 4 is 0 Å². The number of rotatable bonds is 3. The van der Waals surface area contributed by atoms with Crippen LogP contribution in [0.5, 0.6) is 5.75 Å². The smallest absolute Gasteiger partial charge is 0.387 e. The van der Waals surface area contributed by atoms with Gasteiger partial charge in [-0.05, 0) is 12.5 Å². The number of hydrogen-bond donors (Lipinski definition) is 0. The van der Waals surface area contributed by atoms with E-state index in [1.807, 2.05) is 6.07 Å². The van der Waals surface area contributed by atoms with Crippen molar-refractivity contribution in [3.8, 4) is 5.75 Å². The molecule has 0 bridgehead atoms. The van der Waals surface area contributed by atoms with Crippen LogP contribution in [0.25, 0.3) is 0 Å². The average molecular weight is 200 g/mol. The van der Waals surface area contributed by atoms with Gasteiger partial charge in [-0.1, -0.05) is 18.2 Å². The largest absolute Gasteiger partial charge is 0.434 e. The zero-order valence-electron chi connectivity index (χ0n) is 7.67. The Bertz CT molecular complexity index is 335. The van der Waals surface area contributed by atoms with E-state index >= 15 is 0 Å². The molecule has 4 heteroatoms. The second-order valence-electron chi connectivity index (χ2n) is 3.19. The van der Waals surface area contributed by atoms with Crippen LogP contribution in [-0.4, -0.2) is 13.2 Å². The lowest BCUT2D eigenvalue weighted by Gasteiger charge is -2.11. The molecule has 2 rings (SSSR count). The number of para-hydroxylation sites is 1. The third kappa shape index (κ3) is 1.85. The topological polar surface area (TPSA) is 21.8 Å². The third-order valence-electron chi connectivity index (χ3n) is 2.13. The van der Waals surface area contributed by atoms with Crippen molar-refractivity contribution in [1.82, 2.24) is 0 Å². The summed E-state index contributed by atoms with van der Waals surface area (Å²) in [6.07, 6.45) is -0.0661. The first-order valence-electron chi connectivity index (χ1n) is 4.34. The van der Waals surface area contributed by atoms with Crippen LogP contribution >= 0.6 is 0 Å². The molecule has 1 saturated heterocycles. The van der Waals surface area contributed by atoms with Crippen LogP contribution in [0.1, 0.15) is 17.2 Å². The van der Waals surface area contributed by atoms with Crippen molar-refractivity contribution in [2.75, 3.05) is 6.61 Å². The zero-order chi connectivity index (χ0) is 10.1. The fourth-order valence-electron chi connectivity index (χ4n) is 1.41. The van der Waals surface area contributed by atoms with E-state index in [4.69, 9.17) is 4.74 Å². The van der Waals surface area contributed by atoms with Gasteiger partial charge in [-0.25, -0.2) is 0 Å². The summed E-state index contributed by atoms with van der Waals surface area (Å²) in [7, 11) is 0. The van der Waals surface area contributed by atoms with E-state index in [0.29, 0.717) is 17.7 Å². The lowest BCUT2D eigenvalue weighted by molar-refractivity contribution is -0.0510. The Morgan fingerprint density at radius 2 is 2.21 bits per heavy atom. The molecule has 1 heterocycles. The van der Waals surface area contributed by atoms with Crippen LogP contribution in [-0.2, 0) is 4.74 Å². The normalized spacial score (nSPS) is 19.9. The number of hydrogen-bond acceptors (Lipinski definition) is 2. The van der Waals surface area contributed by atoms with Crippen molar-refractivity contribution in [3.63, 3.8) is 0 Å². The number of ether oxygens (including phenoxy) is 2. The van der Waals surface area contributed by atoms with Crippen LogP contribution in [0.2, 0.25) is 0 Å². The molecule has 0 spiro atoms. The highest BCUT2D eigenvalue weighted by Gasteiger charge is 2.29. The van der Waals surface area contributed by atoms with Gasteiger partial charge in [-0.3, -0.25) is 0 Å². The predicted molar refractivity (Wildman–Crippen MR) is 46.5 cm³/mol. The molecular formula is C10H10F2O2. The van der Waals surface area contributed by atoms with Gasteiger partial charge in [-0.2, -0.15) is 8.78 Å². The lowest BCUT2D eigenvalue weighted by Crippen LogP contribution is -2.05. The summed E-state index contributed by atoms with van der Waals surface area (Å²) >= 11 is 0. The van der Waals surface area contributed by atoms with Gasteiger partial charge in [0, 0.05) is 5.56 Å². The molecule has 0 unspecified atom stereocenters. The summed E-state index contributed by atoms with van der Waals surface area (Å²) in [6, 6.07) is 5.30. The maximum atomic E-state index is 12.1. The minimum Gasteiger partial charge on any atom is -0.434 e. The van der Waals surface area contributed by atoms with Gasteiger partial charge in [0.25, 0.3) is 0 Å². The van der Waals surface area contributed by atoms with E-state index < -0.39 is 6.61 Å².